The van der Waals surface area contributed by atoms with E-state index in [1.54, 1.807) is 7.11 Å². The maximum atomic E-state index is 5.55. The summed E-state index contributed by atoms with van der Waals surface area (Å²) in [5, 5.41) is 0. The number of nitrogens with zero attached hydrogens (tertiary/aromatic N) is 1. The van der Waals surface area contributed by atoms with E-state index < -0.39 is 0 Å². The monoisotopic (exact) mass is 262 g/mol. The Morgan fingerprint density at radius 3 is 2.83 bits per heavy atom. The molecule has 0 aliphatic heterocycles. The second-order valence-electron chi connectivity index (χ2n) is 4.10. The highest BCUT2D eigenvalue weighted by Crippen LogP contribution is 2.28. The summed E-state index contributed by atoms with van der Waals surface area (Å²) in [4.78, 5) is 1.24. The first-order valence-electron chi connectivity index (χ1n) is 6.11. The molecule has 2 rings (SSSR count). The minimum Gasteiger partial charge on any atom is -0.496 e. The number of aromatic nitrogens is 1. The van der Waals surface area contributed by atoms with Crippen molar-refractivity contribution >= 4 is 11.5 Å². The van der Waals surface area contributed by atoms with Crippen LogP contribution in [0.25, 0.3) is 11.3 Å². The molecule has 2 aromatic rings. The molecule has 0 amide bonds. The van der Waals surface area contributed by atoms with Crippen LogP contribution in [0, 0.1) is 0 Å². The van der Waals surface area contributed by atoms with Gasteiger partial charge >= 0.3 is 0 Å². The SMILES string of the molecule is CCc1cc(-c2cc(CCN)sn2)ccc1OC. The first-order chi connectivity index (χ1) is 8.78. The molecule has 2 N–H and O–H groups in total. The van der Waals surface area contributed by atoms with Crippen LogP contribution in [0.1, 0.15) is 17.4 Å². The average molecular weight is 262 g/mol. The molecule has 0 unspecified atom stereocenters. The summed E-state index contributed by atoms with van der Waals surface area (Å²) in [7, 11) is 1.70. The van der Waals surface area contributed by atoms with E-state index in [-0.39, 0.29) is 0 Å². The zero-order valence-corrected chi connectivity index (χ0v) is 11.6. The van der Waals surface area contributed by atoms with E-state index in [9.17, 15) is 0 Å². The number of ether oxygens (including phenoxy) is 1. The zero-order chi connectivity index (χ0) is 13.0. The molecule has 1 heterocycles. The fraction of sp³-hybridized carbons (Fsp3) is 0.357. The molecule has 0 spiro atoms. The van der Waals surface area contributed by atoms with Crippen molar-refractivity contribution in [2.75, 3.05) is 13.7 Å². The first kappa shape index (κ1) is 13.1. The number of benzene rings is 1. The summed E-state index contributed by atoms with van der Waals surface area (Å²) in [6.45, 7) is 2.80. The van der Waals surface area contributed by atoms with Gasteiger partial charge in [-0.1, -0.05) is 6.92 Å². The summed E-state index contributed by atoms with van der Waals surface area (Å²) < 4.78 is 9.82. The highest BCUT2D eigenvalue weighted by Gasteiger charge is 2.07. The molecule has 0 saturated carbocycles. The standard InChI is InChI=1S/C14H18N2OS/c1-3-10-8-11(4-5-14(10)17-2)13-9-12(6-7-15)18-16-13/h4-5,8-9H,3,6-7,15H2,1-2H3. The van der Waals surface area contributed by atoms with E-state index in [0.717, 1.165) is 29.8 Å². The lowest BCUT2D eigenvalue weighted by Crippen LogP contribution is -2.00. The lowest BCUT2D eigenvalue weighted by Gasteiger charge is -2.07. The van der Waals surface area contributed by atoms with Gasteiger partial charge in [0.25, 0.3) is 0 Å². The van der Waals surface area contributed by atoms with Crippen LogP contribution < -0.4 is 10.5 Å². The molecule has 0 aliphatic carbocycles. The largest absolute Gasteiger partial charge is 0.496 e. The average Bonchev–Trinajstić information content (AvgIpc) is 2.87. The molecular weight excluding hydrogens is 244 g/mol. The molecule has 0 saturated heterocycles. The zero-order valence-electron chi connectivity index (χ0n) is 10.8. The maximum absolute atomic E-state index is 5.55. The van der Waals surface area contributed by atoms with Gasteiger partial charge in [-0.15, -0.1) is 0 Å². The highest BCUT2D eigenvalue weighted by molar-refractivity contribution is 7.06. The van der Waals surface area contributed by atoms with E-state index in [4.69, 9.17) is 10.5 Å². The second-order valence-corrected chi connectivity index (χ2v) is 4.99. The van der Waals surface area contributed by atoms with Crippen LogP contribution in [0.2, 0.25) is 0 Å². The van der Waals surface area contributed by atoms with Gasteiger partial charge in [0.05, 0.1) is 12.8 Å². The Balaban J connectivity index is 2.31. The number of nitrogens with two attached hydrogens (primary N) is 1. The predicted molar refractivity (Wildman–Crippen MR) is 76.2 cm³/mol. The van der Waals surface area contributed by atoms with Gasteiger partial charge in [-0.05, 0) is 60.7 Å². The molecule has 1 aromatic carbocycles. The van der Waals surface area contributed by atoms with Gasteiger partial charge in [-0.3, -0.25) is 0 Å². The molecule has 0 radical (unpaired) electrons. The van der Waals surface area contributed by atoms with Crippen molar-refractivity contribution in [2.45, 2.75) is 19.8 Å². The van der Waals surface area contributed by atoms with Crippen molar-refractivity contribution < 1.29 is 4.74 Å². The Labute approximate surface area is 112 Å². The normalized spacial score (nSPS) is 10.6. The summed E-state index contributed by atoms with van der Waals surface area (Å²) >= 11 is 1.53. The molecule has 18 heavy (non-hydrogen) atoms. The van der Waals surface area contributed by atoms with Gasteiger partial charge in [0.1, 0.15) is 5.75 Å². The Morgan fingerprint density at radius 2 is 2.17 bits per heavy atom. The van der Waals surface area contributed by atoms with Crippen molar-refractivity contribution in [1.82, 2.24) is 4.37 Å². The molecule has 4 heteroatoms. The van der Waals surface area contributed by atoms with E-state index in [1.807, 2.05) is 6.07 Å². The van der Waals surface area contributed by atoms with Crippen LogP contribution >= 0.6 is 11.5 Å². The van der Waals surface area contributed by atoms with Gasteiger partial charge < -0.3 is 10.5 Å². The fourth-order valence-electron chi connectivity index (χ4n) is 1.92. The summed E-state index contributed by atoms with van der Waals surface area (Å²) in [5.74, 6) is 0.943. The van der Waals surface area contributed by atoms with Crippen LogP contribution in [-0.4, -0.2) is 18.0 Å². The van der Waals surface area contributed by atoms with Gasteiger partial charge in [0, 0.05) is 10.4 Å². The summed E-state index contributed by atoms with van der Waals surface area (Å²) in [6, 6.07) is 8.34. The molecule has 3 nitrogen and oxygen atoms in total. The van der Waals surface area contributed by atoms with E-state index in [2.05, 4.69) is 29.5 Å². The second kappa shape index (κ2) is 5.98. The van der Waals surface area contributed by atoms with E-state index in [1.165, 1.54) is 22.0 Å². The van der Waals surface area contributed by atoms with Crippen LogP contribution in [0.15, 0.2) is 24.3 Å². The van der Waals surface area contributed by atoms with Gasteiger partial charge in [0.2, 0.25) is 0 Å². The highest BCUT2D eigenvalue weighted by atomic mass is 32.1. The summed E-state index contributed by atoms with van der Waals surface area (Å²) in [5.41, 5.74) is 8.94. The minimum atomic E-state index is 0.671. The van der Waals surface area contributed by atoms with E-state index >= 15 is 0 Å². The van der Waals surface area contributed by atoms with Crippen LogP contribution in [0.5, 0.6) is 5.75 Å². The predicted octanol–water partition coefficient (Wildman–Crippen LogP) is 2.88. The smallest absolute Gasteiger partial charge is 0.122 e. The number of methoxy groups -OCH3 is 1. The Kier molecular flexibility index (Phi) is 4.33. The van der Waals surface area contributed by atoms with Crippen molar-refractivity contribution in [1.29, 1.82) is 0 Å². The number of hydrogen-bond donors (Lipinski definition) is 1. The third-order valence-corrected chi connectivity index (χ3v) is 3.75. The van der Waals surface area contributed by atoms with Crippen LogP contribution in [0.3, 0.4) is 0 Å². The Morgan fingerprint density at radius 1 is 1.33 bits per heavy atom. The van der Waals surface area contributed by atoms with Crippen LogP contribution in [0.4, 0.5) is 0 Å². The van der Waals surface area contributed by atoms with Crippen molar-refractivity contribution in [3.8, 4) is 17.0 Å². The molecule has 0 aliphatic rings. The Hall–Kier alpha value is -1.39. The van der Waals surface area contributed by atoms with Gasteiger partial charge in [-0.2, -0.15) is 4.37 Å². The van der Waals surface area contributed by atoms with Crippen molar-refractivity contribution in [3.05, 3.63) is 34.7 Å². The van der Waals surface area contributed by atoms with Gasteiger partial charge in [0.15, 0.2) is 0 Å². The molecule has 1 aromatic heterocycles. The first-order valence-corrected chi connectivity index (χ1v) is 6.88. The summed E-state index contributed by atoms with van der Waals surface area (Å²) in [6.07, 6.45) is 1.85. The Bertz CT molecular complexity index is 522. The number of rotatable bonds is 5. The molecule has 96 valence electrons. The third kappa shape index (κ3) is 2.71. The molecule has 0 bridgehead atoms. The minimum absolute atomic E-state index is 0.671. The maximum Gasteiger partial charge on any atom is 0.122 e. The quantitative estimate of drug-likeness (QED) is 0.901. The molecule has 0 atom stereocenters. The lowest BCUT2D eigenvalue weighted by atomic mass is 10.0. The molecular formula is C14H18N2OS. The van der Waals surface area contributed by atoms with Crippen molar-refractivity contribution in [3.63, 3.8) is 0 Å². The molecule has 0 fully saturated rings. The van der Waals surface area contributed by atoms with Gasteiger partial charge in [-0.25, -0.2) is 0 Å². The van der Waals surface area contributed by atoms with E-state index in [0.29, 0.717) is 6.54 Å². The topological polar surface area (TPSA) is 48.1 Å². The third-order valence-electron chi connectivity index (χ3n) is 2.91. The lowest BCUT2D eigenvalue weighted by molar-refractivity contribution is 0.410. The number of hydrogen-bond acceptors (Lipinski definition) is 4. The fourth-order valence-corrected chi connectivity index (χ4v) is 2.67. The van der Waals surface area contributed by atoms with Crippen LogP contribution in [-0.2, 0) is 12.8 Å². The van der Waals surface area contributed by atoms with Crippen molar-refractivity contribution in [2.24, 2.45) is 5.73 Å². The number of aryl methyl sites for hydroxylation is 1.